The van der Waals surface area contributed by atoms with Crippen LogP contribution in [0.15, 0.2) is 0 Å². The molecule has 2 aliphatic rings. The van der Waals surface area contributed by atoms with Crippen LogP contribution in [0.3, 0.4) is 0 Å². The van der Waals surface area contributed by atoms with E-state index in [1.54, 1.807) is 0 Å². The molecule has 9 nitrogen and oxygen atoms in total. The van der Waals surface area contributed by atoms with E-state index in [9.17, 15) is 19.8 Å². The summed E-state index contributed by atoms with van der Waals surface area (Å²) in [7, 11) is 1.40. The van der Waals surface area contributed by atoms with Gasteiger partial charge in [0.15, 0.2) is 6.29 Å². The number of hydrogen-bond acceptors (Lipinski definition) is 6. The van der Waals surface area contributed by atoms with E-state index in [0.717, 1.165) is 17.7 Å². The summed E-state index contributed by atoms with van der Waals surface area (Å²) in [6.45, 7) is 0.333. The van der Waals surface area contributed by atoms with Crippen LogP contribution >= 0.6 is 0 Å². The van der Waals surface area contributed by atoms with Gasteiger partial charge in [0.2, 0.25) is 0 Å². The van der Waals surface area contributed by atoms with Crippen molar-refractivity contribution < 1.29 is 34.1 Å². The second-order valence-electron chi connectivity index (χ2n) is 5.67. The quantitative estimate of drug-likeness (QED) is 0.595. The van der Waals surface area contributed by atoms with Crippen molar-refractivity contribution in [2.45, 2.75) is 43.6 Å². The van der Waals surface area contributed by atoms with Crippen LogP contribution in [0, 0.1) is 0 Å². The minimum absolute atomic E-state index is 0.0478. The minimum Gasteiger partial charge on any atom is -0.465 e. The maximum atomic E-state index is 12.1. The molecule has 2 amide bonds. The molecular weight excluding hydrogens is 296 g/mol. The first kappa shape index (κ1) is 16.9. The molecule has 3 unspecified atom stereocenters. The summed E-state index contributed by atoms with van der Waals surface area (Å²) in [4.78, 5) is 29.4. The number of β-amino-alcohol motifs (C(OH)–C–C–N with tert-alkyl or cyclic N) is 1. The molecule has 0 aliphatic carbocycles. The number of carbonyl (C=O) groups is 2. The van der Waals surface area contributed by atoms with Gasteiger partial charge < -0.3 is 19.7 Å². The van der Waals surface area contributed by atoms with Crippen molar-refractivity contribution in [2.75, 3.05) is 26.9 Å². The van der Waals surface area contributed by atoms with Crippen molar-refractivity contribution >= 4 is 12.0 Å². The molecule has 0 aromatic carbocycles. The molecule has 0 aromatic heterocycles. The van der Waals surface area contributed by atoms with Gasteiger partial charge in [-0.1, -0.05) is 0 Å². The monoisotopic (exact) mass is 318 g/mol. The number of carbonyl (C=O) groups excluding carboxylic acids is 1. The third-order valence-electron chi connectivity index (χ3n) is 3.80. The first-order valence-electron chi connectivity index (χ1n) is 7.23. The number of nitrogens with zero attached hydrogens (tertiary/aromatic N) is 1. The largest absolute Gasteiger partial charge is 0.465 e. The Balaban J connectivity index is 1.92. The van der Waals surface area contributed by atoms with E-state index < -0.39 is 29.9 Å². The Morgan fingerprint density at radius 3 is 2.82 bits per heavy atom. The third kappa shape index (κ3) is 4.07. The van der Waals surface area contributed by atoms with Gasteiger partial charge in [0.1, 0.15) is 11.6 Å². The van der Waals surface area contributed by atoms with E-state index in [-0.39, 0.29) is 19.6 Å². The molecule has 2 fully saturated rings. The van der Waals surface area contributed by atoms with Gasteiger partial charge in [-0.3, -0.25) is 9.69 Å². The van der Waals surface area contributed by atoms with Crippen LogP contribution in [0.5, 0.6) is 0 Å². The number of rotatable bonds is 5. The van der Waals surface area contributed by atoms with Gasteiger partial charge in [-0.15, -0.1) is 0 Å². The Labute approximate surface area is 128 Å². The Bertz CT molecular complexity index is 413. The van der Waals surface area contributed by atoms with Gasteiger partial charge in [-0.2, -0.15) is 0 Å². The van der Waals surface area contributed by atoms with Crippen LogP contribution in [0.2, 0.25) is 0 Å². The van der Waals surface area contributed by atoms with Crippen molar-refractivity contribution in [3.8, 4) is 0 Å². The Hall–Kier alpha value is -1.42. The molecule has 22 heavy (non-hydrogen) atoms. The van der Waals surface area contributed by atoms with E-state index in [4.69, 9.17) is 14.3 Å². The van der Waals surface area contributed by atoms with Crippen molar-refractivity contribution in [3.63, 3.8) is 0 Å². The maximum absolute atomic E-state index is 12.1. The summed E-state index contributed by atoms with van der Waals surface area (Å²) in [5.41, 5.74) is 0.860. The highest BCUT2D eigenvalue weighted by Crippen LogP contribution is 2.28. The molecule has 0 spiro atoms. The SMILES string of the molecule is COCC1(O)CC(C(=O)NOC2CCCCO2)N(C(=O)O)C1. The molecule has 126 valence electrons. The second kappa shape index (κ2) is 7.23. The Morgan fingerprint density at radius 2 is 2.23 bits per heavy atom. The van der Waals surface area contributed by atoms with Crippen LogP contribution in [-0.4, -0.2) is 71.9 Å². The maximum Gasteiger partial charge on any atom is 0.408 e. The number of likely N-dealkylation sites (tertiary alicyclic amines) is 1. The highest BCUT2D eigenvalue weighted by molar-refractivity contribution is 5.85. The number of hydrogen-bond donors (Lipinski definition) is 3. The number of hydroxylamine groups is 1. The van der Waals surface area contributed by atoms with Crippen LogP contribution in [0.1, 0.15) is 25.7 Å². The summed E-state index contributed by atoms with van der Waals surface area (Å²) in [5, 5.41) is 19.4. The van der Waals surface area contributed by atoms with Gasteiger partial charge >= 0.3 is 6.09 Å². The van der Waals surface area contributed by atoms with Gasteiger partial charge in [0, 0.05) is 26.6 Å². The van der Waals surface area contributed by atoms with Crippen LogP contribution in [0.25, 0.3) is 0 Å². The molecule has 2 aliphatic heterocycles. The van der Waals surface area contributed by atoms with Crippen LogP contribution in [-0.2, 0) is 19.1 Å². The molecule has 9 heteroatoms. The normalized spacial score (nSPS) is 32.0. The van der Waals surface area contributed by atoms with Crippen molar-refractivity contribution in [1.29, 1.82) is 0 Å². The molecule has 3 N–H and O–H groups in total. The summed E-state index contributed by atoms with van der Waals surface area (Å²) < 4.78 is 10.2. The van der Waals surface area contributed by atoms with Crippen LogP contribution < -0.4 is 5.48 Å². The van der Waals surface area contributed by atoms with E-state index >= 15 is 0 Å². The Kier molecular flexibility index (Phi) is 5.57. The molecule has 2 saturated heterocycles. The highest BCUT2D eigenvalue weighted by Gasteiger charge is 2.48. The molecule has 2 rings (SSSR count). The predicted octanol–water partition coefficient (Wildman–Crippen LogP) is -0.309. The zero-order valence-electron chi connectivity index (χ0n) is 12.5. The predicted molar refractivity (Wildman–Crippen MR) is 72.8 cm³/mol. The Morgan fingerprint density at radius 1 is 1.45 bits per heavy atom. The summed E-state index contributed by atoms with van der Waals surface area (Å²) >= 11 is 0. The molecular formula is C13H22N2O7. The lowest BCUT2D eigenvalue weighted by atomic mass is 10.0. The molecule has 0 bridgehead atoms. The minimum atomic E-state index is -1.38. The zero-order chi connectivity index (χ0) is 16.2. The van der Waals surface area contributed by atoms with E-state index in [1.165, 1.54) is 7.11 Å². The van der Waals surface area contributed by atoms with Gasteiger partial charge in [-0.05, 0) is 12.8 Å². The lowest BCUT2D eigenvalue weighted by Gasteiger charge is -2.24. The molecule has 0 saturated carbocycles. The summed E-state index contributed by atoms with van der Waals surface area (Å²) in [6, 6.07) is -1.03. The van der Waals surface area contributed by atoms with Crippen molar-refractivity contribution in [2.24, 2.45) is 0 Å². The molecule has 2 heterocycles. The number of nitrogens with one attached hydrogen (secondary N) is 1. The number of carboxylic acid groups (broad SMARTS) is 1. The fourth-order valence-corrected chi connectivity index (χ4v) is 2.77. The van der Waals surface area contributed by atoms with Gasteiger partial charge in [-0.25, -0.2) is 15.1 Å². The third-order valence-corrected chi connectivity index (χ3v) is 3.80. The van der Waals surface area contributed by atoms with Gasteiger partial charge in [0.05, 0.1) is 13.2 Å². The number of methoxy groups -OCH3 is 1. The number of ether oxygens (including phenoxy) is 2. The molecule has 0 radical (unpaired) electrons. The topological polar surface area (TPSA) is 118 Å². The molecule has 3 atom stereocenters. The van der Waals surface area contributed by atoms with Crippen LogP contribution in [0.4, 0.5) is 4.79 Å². The average molecular weight is 318 g/mol. The van der Waals surface area contributed by atoms with Crippen molar-refractivity contribution in [1.82, 2.24) is 10.4 Å². The standard InChI is InChI=1S/C13H22N2O7/c1-20-8-13(19)6-9(15(7-13)12(17)18)11(16)14-22-10-4-2-3-5-21-10/h9-10,19H,2-8H2,1H3,(H,14,16)(H,17,18). The summed E-state index contributed by atoms with van der Waals surface area (Å²) in [6.07, 6.45) is 0.720. The lowest BCUT2D eigenvalue weighted by molar-refractivity contribution is -0.202. The average Bonchev–Trinajstić information content (AvgIpc) is 2.84. The van der Waals surface area contributed by atoms with Crippen molar-refractivity contribution in [3.05, 3.63) is 0 Å². The smallest absolute Gasteiger partial charge is 0.408 e. The van der Waals surface area contributed by atoms with E-state index in [2.05, 4.69) is 5.48 Å². The number of amides is 2. The second-order valence-corrected chi connectivity index (χ2v) is 5.67. The first-order valence-corrected chi connectivity index (χ1v) is 7.23. The fraction of sp³-hybridized carbons (Fsp3) is 0.846. The van der Waals surface area contributed by atoms with E-state index in [0.29, 0.717) is 13.0 Å². The fourth-order valence-electron chi connectivity index (χ4n) is 2.77. The zero-order valence-corrected chi connectivity index (χ0v) is 12.5. The van der Waals surface area contributed by atoms with E-state index in [1.807, 2.05) is 0 Å². The lowest BCUT2D eigenvalue weighted by Crippen LogP contribution is -2.46. The highest BCUT2D eigenvalue weighted by atomic mass is 16.8. The summed E-state index contributed by atoms with van der Waals surface area (Å²) in [5.74, 6) is -0.622. The number of aliphatic hydroxyl groups is 1. The molecule has 0 aromatic rings. The van der Waals surface area contributed by atoms with Gasteiger partial charge in [0.25, 0.3) is 5.91 Å². The first-order chi connectivity index (χ1) is 10.4.